The first-order chi connectivity index (χ1) is 6.03. The Kier molecular flexibility index (Phi) is 3.48. The van der Waals surface area contributed by atoms with Crippen molar-refractivity contribution in [2.45, 2.75) is 46.1 Å². The highest BCUT2D eigenvalue weighted by molar-refractivity contribution is 5.50. The summed E-state index contributed by atoms with van der Waals surface area (Å²) < 4.78 is 5.47. The number of aldehydes is 1. The van der Waals surface area contributed by atoms with Crippen LogP contribution in [0.5, 0.6) is 0 Å². The van der Waals surface area contributed by atoms with Crippen molar-refractivity contribution >= 4 is 6.29 Å². The van der Waals surface area contributed by atoms with Gasteiger partial charge in [0.05, 0.1) is 6.10 Å². The first-order valence-electron chi connectivity index (χ1n) is 5.09. The number of ether oxygens (including phenoxy) is 1. The van der Waals surface area contributed by atoms with Gasteiger partial charge in [0, 0.05) is 0 Å². The van der Waals surface area contributed by atoms with E-state index in [0.29, 0.717) is 11.5 Å². The van der Waals surface area contributed by atoms with E-state index in [1.807, 2.05) is 0 Å². The second-order valence-corrected chi connectivity index (χ2v) is 5.04. The number of hydrogen-bond donors (Lipinski definition) is 0. The summed E-state index contributed by atoms with van der Waals surface area (Å²) in [5, 5.41) is 0. The van der Waals surface area contributed by atoms with Gasteiger partial charge in [-0.15, -0.1) is 0 Å². The van der Waals surface area contributed by atoms with Crippen LogP contribution in [0.25, 0.3) is 0 Å². The normalized spacial score (nSPS) is 32.8. The third-order valence-electron chi connectivity index (χ3n) is 2.75. The molecule has 0 bridgehead atoms. The highest BCUT2D eigenvalue weighted by Gasteiger charge is 2.32. The topological polar surface area (TPSA) is 26.3 Å². The number of hydrogen-bond acceptors (Lipinski definition) is 2. The quantitative estimate of drug-likeness (QED) is 0.630. The van der Waals surface area contributed by atoms with Gasteiger partial charge in [-0.05, 0) is 30.6 Å². The largest absolute Gasteiger partial charge is 0.371 e. The van der Waals surface area contributed by atoms with Gasteiger partial charge >= 0.3 is 0 Å². The predicted molar refractivity (Wildman–Crippen MR) is 52.6 cm³/mol. The lowest BCUT2D eigenvalue weighted by Gasteiger charge is -2.38. The Morgan fingerprint density at radius 3 is 2.69 bits per heavy atom. The number of rotatable bonds is 3. The second kappa shape index (κ2) is 4.23. The van der Waals surface area contributed by atoms with Gasteiger partial charge < -0.3 is 9.53 Å². The summed E-state index contributed by atoms with van der Waals surface area (Å²) in [6.45, 7) is 7.07. The van der Waals surface area contributed by atoms with Crippen molar-refractivity contribution in [1.82, 2.24) is 0 Å². The molecule has 1 fully saturated rings. The molecule has 0 N–H and O–H groups in total. The minimum absolute atomic E-state index is 0.257. The maximum Gasteiger partial charge on any atom is 0.145 e. The number of carbonyl (C=O) groups is 1. The summed E-state index contributed by atoms with van der Waals surface area (Å²) in [5.41, 5.74) is 0.380. The summed E-state index contributed by atoms with van der Waals surface area (Å²) >= 11 is 0. The second-order valence-electron chi connectivity index (χ2n) is 5.04. The predicted octanol–water partition coefficient (Wildman–Crippen LogP) is 2.42. The summed E-state index contributed by atoms with van der Waals surface area (Å²) in [6.07, 6.45) is 4.60. The van der Waals surface area contributed by atoms with E-state index in [9.17, 15) is 4.79 Å². The Morgan fingerprint density at radius 2 is 2.15 bits per heavy atom. The molecule has 0 aromatic carbocycles. The van der Waals surface area contributed by atoms with Gasteiger partial charge in [0.15, 0.2) is 0 Å². The fraction of sp³-hybridized carbons (Fsp3) is 0.909. The third kappa shape index (κ3) is 3.47. The molecule has 2 unspecified atom stereocenters. The average molecular weight is 184 g/mol. The van der Waals surface area contributed by atoms with Crippen LogP contribution in [0.1, 0.15) is 40.0 Å². The Balaban J connectivity index is 2.42. The smallest absolute Gasteiger partial charge is 0.145 e. The maximum absolute atomic E-state index is 10.2. The lowest BCUT2D eigenvalue weighted by atomic mass is 9.71. The minimum atomic E-state index is 0.257. The molecule has 1 saturated carbocycles. The van der Waals surface area contributed by atoms with Crippen LogP contribution in [-0.4, -0.2) is 19.0 Å². The molecule has 0 spiro atoms. The van der Waals surface area contributed by atoms with Crippen molar-refractivity contribution in [3.8, 4) is 0 Å². The first kappa shape index (κ1) is 10.7. The van der Waals surface area contributed by atoms with Crippen molar-refractivity contribution in [3.63, 3.8) is 0 Å². The van der Waals surface area contributed by atoms with Crippen LogP contribution in [0, 0.1) is 11.3 Å². The zero-order chi connectivity index (χ0) is 9.90. The van der Waals surface area contributed by atoms with Crippen molar-refractivity contribution in [2.24, 2.45) is 11.3 Å². The molecule has 2 nitrogen and oxygen atoms in total. The van der Waals surface area contributed by atoms with Crippen molar-refractivity contribution in [1.29, 1.82) is 0 Å². The molecular weight excluding hydrogens is 164 g/mol. The van der Waals surface area contributed by atoms with Gasteiger partial charge in [-0.25, -0.2) is 0 Å². The molecule has 0 radical (unpaired) electrons. The molecule has 0 amide bonds. The van der Waals surface area contributed by atoms with Gasteiger partial charge in [0.1, 0.15) is 12.9 Å². The minimum Gasteiger partial charge on any atom is -0.371 e. The van der Waals surface area contributed by atoms with Gasteiger partial charge in [-0.1, -0.05) is 20.8 Å². The van der Waals surface area contributed by atoms with E-state index >= 15 is 0 Å². The molecule has 0 saturated heterocycles. The zero-order valence-electron chi connectivity index (χ0n) is 8.88. The first-order valence-corrected chi connectivity index (χ1v) is 5.09. The van der Waals surface area contributed by atoms with E-state index in [-0.39, 0.29) is 6.61 Å². The highest BCUT2D eigenvalue weighted by atomic mass is 16.5. The Labute approximate surface area is 80.7 Å². The van der Waals surface area contributed by atoms with Crippen molar-refractivity contribution in [2.75, 3.05) is 6.61 Å². The zero-order valence-corrected chi connectivity index (χ0v) is 8.88. The van der Waals surface area contributed by atoms with Gasteiger partial charge in [0.25, 0.3) is 0 Å². The van der Waals surface area contributed by atoms with E-state index in [1.165, 1.54) is 6.42 Å². The average Bonchev–Trinajstić information content (AvgIpc) is 1.97. The molecule has 0 heterocycles. The standard InChI is InChI=1S/C11H20O2/c1-9-6-10(13-5-4-12)8-11(2,3)7-9/h4,9-10H,5-8H2,1-3H3. The monoisotopic (exact) mass is 184 g/mol. The maximum atomic E-state index is 10.2. The Bertz CT molecular complexity index is 175. The summed E-state index contributed by atoms with van der Waals surface area (Å²) in [4.78, 5) is 10.2. The van der Waals surface area contributed by atoms with Crippen LogP contribution >= 0.6 is 0 Å². The fourth-order valence-electron chi connectivity index (χ4n) is 2.56. The van der Waals surface area contributed by atoms with Crippen molar-refractivity contribution < 1.29 is 9.53 Å². The van der Waals surface area contributed by atoms with Crippen LogP contribution < -0.4 is 0 Å². The molecule has 13 heavy (non-hydrogen) atoms. The third-order valence-corrected chi connectivity index (χ3v) is 2.75. The molecule has 0 aromatic heterocycles. The molecule has 0 aliphatic heterocycles. The number of carbonyl (C=O) groups excluding carboxylic acids is 1. The highest BCUT2D eigenvalue weighted by Crippen LogP contribution is 2.39. The Morgan fingerprint density at radius 1 is 1.46 bits per heavy atom. The van der Waals surface area contributed by atoms with E-state index in [1.54, 1.807) is 0 Å². The van der Waals surface area contributed by atoms with E-state index in [4.69, 9.17) is 4.74 Å². The molecular formula is C11H20O2. The van der Waals surface area contributed by atoms with Crippen LogP contribution in [0.3, 0.4) is 0 Å². The van der Waals surface area contributed by atoms with Crippen molar-refractivity contribution in [3.05, 3.63) is 0 Å². The SMILES string of the molecule is CC1CC(OCC=O)CC(C)(C)C1. The lowest BCUT2D eigenvalue weighted by molar-refractivity contribution is -0.116. The van der Waals surface area contributed by atoms with E-state index in [2.05, 4.69) is 20.8 Å². The summed E-state index contributed by atoms with van der Waals surface area (Å²) in [7, 11) is 0. The van der Waals surface area contributed by atoms with E-state index < -0.39 is 0 Å². The van der Waals surface area contributed by atoms with Gasteiger partial charge in [0.2, 0.25) is 0 Å². The molecule has 1 aliphatic rings. The molecule has 76 valence electrons. The van der Waals surface area contributed by atoms with Gasteiger partial charge in [-0.2, -0.15) is 0 Å². The van der Waals surface area contributed by atoms with Crippen LogP contribution in [0.15, 0.2) is 0 Å². The Hall–Kier alpha value is -0.370. The van der Waals surface area contributed by atoms with E-state index in [0.717, 1.165) is 25.0 Å². The van der Waals surface area contributed by atoms with Crippen LogP contribution in [-0.2, 0) is 9.53 Å². The van der Waals surface area contributed by atoms with Crippen LogP contribution in [0.4, 0.5) is 0 Å². The molecule has 2 atom stereocenters. The molecule has 2 heteroatoms. The molecule has 1 rings (SSSR count). The van der Waals surface area contributed by atoms with Gasteiger partial charge in [-0.3, -0.25) is 0 Å². The van der Waals surface area contributed by atoms with Crippen LogP contribution in [0.2, 0.25) is 0 Å². The summed E-state index contributed by atoms with van der Waals surface area (Å²) in [5.74, 6) is 0.723. The fourth-order valence-corrected chi connectivity index (χ4v) is 2.56. The summed E-state index contributed by atoms with van der Waals surface area (Å²) in [6, 6.07) is 0. The lowest BCUT2D eigenvalue weighted by Crippen LogP contribution is -2.32. The molecule has 1 aliphatic carbocycles. The molecule has 0 aromatic rings.